The second-order valence-electron chi connectivity index (χ2n) is 3.87. The van der Waals surface area contributed by atoms with E-state index in [9.17, 15) is 4.79 Å². The molecule has 0 bridgehead atoms. The van der Waals surface area contributed by atoms with Crippen LogP contribution < -0.4 is 4.90 Å². The van der Waals surface area contributed by atoms with Crippen molar-refractivity contribution in [2.75, 3.05) is 18.5 Å². The molecule has 6 heteroatoms. The first kappa shape index (κ1) is 12.9. The number of hydrogen-bond donors (Lipinski definition) is 1. The molecule has 0 amide bonds. The summed E-state index contributed by atoms with van der Waals surface area (Å²) in [5.41, 5.74) is 0. The van der Waals surface area contributed by atoms with Crippen molar-refractivity contribution < 1.29 is 9.90 Å². The molecule has 1 N–H and O–H groups in total. The van der Waals surface area contributed by atoms with Crippen LogP contribution in [0, 0.1) is 0 Å². The lowest BCUT2D eigenvalue weighted by Crippen LogP contribution is -2.26. The van der Waals surface area contributed by atoms with E-state index in [4.69, 9.17) is 28.3 Å². The Bertz CT molecular complexity index is 616. The molecule has 94 valence electrons. The summed E-state index contributed by atoms with van der Waals surface area (Å²) >= 11 is 12.1. The summed E-state index contributed by atoms with van der Waals surface area (Å²) in [7, 11) is 1.66. The van der Waals surface area contributed by atoms with Crippen LogP contribution >= 0.6 is 23.2 Å². The summed E-state index contributed by atoms with van der Waals surface area (Å²) in [6.07, 6.45) is 1.59. The van der Waals surface area contributed by atoms with E-state index >= 15 is 0 Å². The largest absolute Gasteiger partial charge is 0.480 e. The number of carbonyl (C=O) groups is 1. The van der Waals surface area contributed by atoms with Gasteiger partial charge in [-0.25, -0.2) is 4.98 Å². The van der Waals surface area contributed by atoms with E-state index in [1.807, 2.05) is 0 Å². The van der Waals surface area contributed by atoms with E-state index in [-0.39, 0.29) is 6.54 Å². The second kappa shape index (κ2) is 5.00. The van der Waals surface area contributed by atoms with Crippen molar-refractivity contribution in [3.05, 3.63) is 34.4 Å². The first-order valence-corrected chi connectivity index (χ1v) is 5.91. The molecule has 0 spiro atoms. The molecule has 18 heavy (non-hydrogen) atoms. The zero-order chi connectivity index (χ0) is 13.3. The van der Waals surface area contributed by atoms with Gasteiger partial charge in [-0.05, 0) is 18.2 Å². The predicted molar refractivity (Wildman–Crippen MR) is 72.7 cm³/mol. The number of rotatable bonds is 3. The number of likely N-dealkylation sites (N-methyl/N-ethyl adjacent to an activating group) is 1. The van der Waals surface area contributed by atoms with Gasteiger partial charge in [0.05, 0.1) is 5.02 Å². The molecule has 0 aliphatic heterocycles. The minimum atomic E-state index is -0.926. The summed E-state index contributed by atoms with van der Waals surface area (Å²) in [4.78, 5) is 16.5. The van der Waals surface area contributed by atoms with Gasteiger partial charge in [-0.15, -0.1) is 0 Å². The van der Waals surface area contributed by atoms with E-state index in [1.54, 1.807) is 31.4 Å². The topological polar surface area (TPSA) is 53.4 Å². The number of hydrogen-bond acceptors (Lipinski definition) is 3. The summed E-state index contributed by atoms with van der Waals surface area (Å²) in [6, 6.07) is 5.14. The summed E-state index contributed by atoms with van der Waals surface area (Å²) in [5, 5.41) is 11.3. The van der Waals surface area contributed by atoms with Crippen LogP contribution in [-0.2, 0) is 4.79 Å². The number of anilines is 1. The monoisotopic (exact) mass is 284 g/mol. The Kier molecular flexibility index (Phi) is 3.59. The summed E-state index contributed by atoms with van der Waals surface area (Å²) in [6.45, 7) is -0.143. The van der Waals surface area contributed by atoms with Crippen molar-refractivity contribution in [1.82, 2.24) is 4.98 Å². The third kappa shape index (κ3) is 2.49. The lowest BCUT2D eigenvalue weighted by atomic mass is 10.1. The van der Waals surface area contributed by atoms with Crippen LogP contribution in [-0.4, -0.2) is 29.7 Å². The number of nitrogens with zero attached hydrogens (tertiary/aromatic N) is 2. The number of benzene rings is 1. The molecular weight excluding hydrogens is 275 g/mol. The molecule has 0 aliphatic rings. The third-order valence-electron chi connectivity index (χ3n) is 2.51. The fraction of sp³-hybridized carbons (Fsp3) is 0.167. The van der Waals surface area contributed by atoms with Crippen molar-refractivity contribution >= 4 is 45.8 Å². The molecule has 1 aromatic carbocycles. The van der Waals surface area contributed by atoms with Crippen LogP contribution in [0.5, 0.6) is 0 Å². The van der Waals surface area contributed by atoms with Crippen molar-refractivity contribution in [1.29, 1.82) is 0 Å². The number of halogens is 2. The first-order chi connectivity index (χ1) is 8.49. The molecule has 4 nitrogen and oxygen atoms in total. The first-order valence-electron chi connectivity index (χ1n) is 5.15. The Morgan fingerprint density at radius 1 is 1.39 bits per heavy atom. The number of carboxylic acids is 1. The highest BCUT2D eigenvalue weighted by Crippen LogP contribution is 2.32. The Hall–Kier alpha value is -1.52. The maximum atomic E-state index is 10.7. The zero-order valence-electron chi connectivity index (χ0n) is 9.52. The van der Waals surface area contributed by atoms with E-state index < -0.39 is 5.97 Å². The van der Waals surface area contributed by atoms with Gasteiger partial charge in [-0.1, -0.05) is 23.2 Å². The SMILES string of the molecule is CN(CC(=O)O)c1nccc2c(Cl)cc(Cl)cc12. The number of pyridine rings is 1. The van der Waals surface area contributed by atoms with E-state index in [0.29, 0.717) is 15.9 Å². The van der Waals surface area contributed by atoms with Crippen molar-refractivity contribution in [3.63, 3.8) is 0 Å². The van der Waals surface area contributed by atoms with Gasteiger partial charge in [-0.3, -0.25) is 4.79 Å². The molecule has 0 unspecified atom stereocenters. The highest BCUT2D eigenvalue weighted by Gasteiger charge is 2.12. The minimum Gasteiger partial charge on any atom is -0.480 e. The fourth-order valence-corrected chi connectivity index (χ4v) is 2.33. The molecular formula is C12H10Cl2N2O2. The van der Waals surface area contributed by atoms with Crippen LogP contribution in [0.4, 0.5) is 5.82 Å². The van der Waals surface area contributed by atoms with Gasteiger partial charge < -0.3 is 10.0 Å². The molecule has 0 saturated carbocycles. The van der Waals surface area contributed by atoms with Crippen LogP contribution in [0.2, 0.25) is 10.0 Å². The Morgan fingerprint density at radius 3 is 2.78 bits per heavy atom. The summed E-state index contributed by atoms with van der Waals surface area (Å²) < 4.78 is 0. The van der Waals surface area contributed by atoms with Crippen LogP contribution in [0.25, 0.3) is 10.8 Å². The molecule has 2 aromatic rings. The maximum Gasteiger partial charge on any atom is 0.323 e. The summed E-state index contributed by atoms with van der Waals surface area (Å²) in [5.74, 6) is -0.385. The number of aromatic nitrogens is 1. The molecule has 0 saturated heterocycles. The molecule has 0 atom stereocenters. The maximum absolute atomic E-state index is 10.7. The molecule has 1 aromatic heterocycles. The minimum absolute atomic E-state index is 0.143. The highest BCUT2D eigenvalue weighted by atomic mass is 35.5. The number of aliphatic carboxylic acids is 1. The van der Waals surface area contributed by atoms with Gasteiger partial charge in [0.15, 0.2) is 0 Å². The van der Waals surface area contributed by atoms with Gasteiger partial charge in [0.2, 0.25) is 0 Å². The van der Waals surface area contributed by atoms with E-state index in [2.05, 4.69) is 4.98 Å². The zero-order valence-corrected chi connectivity index (χ0v) is 11.0. The second-order valence-corrected chi connectivity index (χ2v) is 4.71. The van der Waals surface area contributed by atoms with Gasteiger partial charge >= 0.3 is 5.97 Å². The fourth-order valence-electron chi connectivity index (χ4n) is 1.77. The van der Waals surface area contributed by atoms with Gasteiger partial charge in [0.25, 0.3) is 0 Å². The average molecular weight is 285 g/mol. The lowest BCUT2D eigenvalue weighted by molar-refractivity contribution is -0.135. The third-order valence-corrected chi connectivity index (χ3v) is 3.04. The standard InChI is InChI=1S/C12H10Cl2N2O2/c1-16(6-11(17)18)12-9-4-7(13)5-10(14)8(9)2-3-15-12/h2-5H,6H2,1H3,(H,17,18). The normalized spacial score (nSPS) is 10.6. The van der Waals surface area contributed by atoms with Gasteiger partial charge in [-0.2, -0.15) is 0 Å². The lowest BCUT2D eigenvalue weighted by Gasteiger charge is -2.18. The molecule has 0 fully saturated rings. The molecule has 0 radical (unpaired) electrons. The Morgan fingerprint density at radius 2 is 2.11 bits per heavy atom. The van der Waals surface area contributed by atoms with E-state index in [1.165, 1.54) is 4.90 Å². The van der Waals surface area contributed by atoms with Crippen LogP contribution in [0.15, 0.2) is 24.4 Å². The average Bonchev–Trinajstić information content (AvgIpc) is 2.27. The van der Waals surface area contributed by atoms with E-state index in [0.717, 1.165) is 10.8 Å². The Labute approximate surface area is 114 Å². The van der Waals surface area contributed by atoms with Gasteiger partial charge in [0.1, 0.15) is 12.4 Å². The van der Waals surface area contributed by atoms with Gasteiger partial charge in [0, 0.05) is 29.0 Å². The number of carboxylic acid groups (broad SMARTS) is 1. The highest BCUT2D eigenvalue weighted by molar-refractivity contribution is 6.39. The van der Waals surface area contributed by atoms with Crippen molar-refractivity contribution in [2.45, 2.75) is 0 Å². The molecule has 1 heterocycles. The quantitative estimate of drug-likeness (QED) is 0.941. The molecule has 2 rings (SSSR count). The smallest absolute Gasteiger partial charge is 0.323 e. The van der Waals surface area contributed by atoms with Crippen molar-refractivity contribution in [3.8, 4) is 0 Å². The Balaban J connectivity index is 2.61. The number of fused-ring (bicyclic) bond motifs is 1. The van der Waals surface area contributed by atoms with Crippen LogP contribution in [0.3, 0.4) is 0 Å². The van der Waals surface area contributed by atoms with Crippen LogP contribution in [0.1, 0.15) is 0 Å². The predicted octanol–water partition coefficient (Wildman–Crippen LogP) is 3.06. The van der Waals surface area contributed by atoms with Crippen molar-refractivity contribution in [2.24, 2.45) is 0 Å². The molecule has 0 aliphatic carbocycles.